The SMILES string of the molecule is Cc1ccc(S(=O)(=O)N2CCC[C@H]2C(=O)NCc2cccc(CN3CCN(C)CC3)c2)cc1. The van der Waals surface area contributed by atoms with E-state index < -0.39 is 16.1 Å². The van der Waals surface area contributed by atoms with Crippen LogP contribution in [0, 0.1) is 6.92 Å². The molecule has 0 aromatic heterocycles. The number of likely N-dealkylation sites (N-methyl/N-ethyl adjacent to an activating group) is 1. The number of sulfonamides is 1. The van der Waals surface area contributed by atoms with Gasteiger partial charge in [0.05, 0.1) is 4.90 Å². The standard InChI is InChI=1S/C25H34N4O3S/c1-20-8-10-23(11-9-20)33(31,32)29-12-4-7-24(29)25(30)26-18-21-5-3-6-22(17-21)19-28-15-13-27(2)14-16-28/h3,5-6,8-11,17,24H,4,7,12-16,18-19H2,1-2H3,(H,26,30)/t24-/m0/s1. The van der Waals surface area contributed by atoms with Crippen molar-refractivity contribution in [2.24, 2.45) is 0 Å². The van der Waals surface area contributed by atoms with Crippen LogP contribution < -0.4 is 5.32 Å². The summed E-state index contributed by atoms with van der Waals surface area (Å²) in [5.74, 6) is -0.229. The van der Waals surface area contributed by atoms with Crippen LogP contribution in [0.15, 0.2) is 53.4 Å². The Hall–Kier alpha value is -2.26. The molecular weight excluding hydrogens is 436 g/mol. The number of piperazine rings is 1. The van der Waals surface area contributed by atoms with Crippen molar-refractivity contribution in [3.63, 3.8) is 0 Å². The third kappa shape index (κ3) is 5.81. The highest BCUT2D eigenvalue weighted by atomic mass is 32.2. The summed E-state index contributed by atoms with van der Waals surface area (Å²) in [5, 5.41) is 2.97. The molecule has 0 spiro atoms. The van der Waals surface area contributed by atoms with Crippen LogP contribution in [0.1, 0.15) is 29.5 Å². The van der Waals surface area contributed by atoms with Crippen LogP contribution in [0.4, 0.5) is 0 Å². The number of hydrogen-bond donors (Lipinski definition) is 1. The number of amides is 1. The van der Waals surface area contributed by atoms with E-state index in [-0.39, 0.29) is 10.8 Å². The van der Waals surface area contributed by atoms with Crippen LogP contribution in [0.5, 0.6) is 0 Å². The number of nitrogens with zero attached hydrogens (tertiary/aromatic N) is 3. The lowest BCUT2D eigenvalue weighted by Crippen LogP contribution is -2.45. The second-order valence-electron chi connectivity index (χ2n) is 9.20. The molecule has 0 saturated carbocycles. The Labute approximate surface area is 197 Å². The molecule has 33 heavy (non-hydrogen) atoms. The third-order valence-electron chi connectivity index (χ3n) is 6.59. The third-order valence-corrected chi connectivity index (χ3v) is 8.52. The van der Waals surface area contributed by atoms with Crippen molar-refractivity contribution in [2.75, 3.05) is 39.8 Å². The molecule has 2 fully saturated rings. The van der Waals surface area contributed by atoms with Gasteiger partial charge in [0.2, 0.25) is 15.9 Å². The second-order valence-corrected chi connectivity index (χ2v) is 11.1. The van der Waals surface area contributed by atoms with Crippen LogP contribution in [0.25, 0.3) is 0 Å². The molecule has 178 valence electrons. The lowest BCUT2D eigenvalue weighted by Gasteiger charge is -2.32. The smallest absolute Gasteiger partial charge is 0.243 e. The van der Waals surface area contributed by atoms with E-state index in [2.05, 4.69) is 34.3 Å². The summed E-state index contributed by atoms with van der Waals surface area (Å²) in [6.45, 7) is 7.87. The zero-order chi connectivity index (χ0) is 23.4. The number of aryl methyl sites for hydroxylation is 1. The molecule has 0 unspecified atom stereocenters. The molecule has 2 aromatic carbocycles. The van der Waals surface area contributed by atoms with Gasteiger partial charge >= 0.3 is 0 Å². The number of carbonyl (C=O) groups excluding carboxylic acids is 1. The predicted octanol–water partition coefficient (Wildman–Crippen LogP) is 2.21. The number of rotatable bonds is 7. The predicted molar refractivity (Wildman–Crippen MR) is 129 cm³/mol. The average Bonchev–Trinajstić information content (AvgIpc) is 3.31. The molecule has 2 heterocycles. The van der Waals surface area contributed by atoms with Crippen molar-refractivity contribution in [2.45, 2.75) is 43.8 Å². The highest BCUT2D eigenvalue weighted by Gasteiger charge is 2.39. The van der Waals surface area contributed by atoms with Crippen LogP contribution in [0.3, 0.4) is 0 Å². The van der Waals surface area contributed by atoms with Crippen LogP contribution in [-0.2, 0) is 27.9 Å². The van der Waals surface area contributed by atoms with Crippen LogP contribution in [-0.4, -0.2) is 74.2 Å². The fourth-order valence-corrected chi connectivity index (χ4v) is 6.20. The molecule has 2 saturated heterocycles. The first-order chi connectivity index (χ1) is 15.8. The minimum absolute atomic E-state index is 0.229. The van der Waals surface area contributed by atoms with Gasteiger partial charge in [0.1, 0.15) is 6.04 Å². The normalized spacial score (nSPS) is 20.7. The summed E-state index contributed by atoms with van der Waals surface area (Å²) >= 11 is 0. The van der Waals surface area contributed by atoms with Gasteiger partial charge in [-0.25, -0.2) is 8.42 Å². The maximum atomic E-state index is 13.1. The lowest BCUT2D eigenvalue weighted by molar-refractivity contribution is -0.124. The summed E-state index contributed by atoms with van der Waals surface area (Å²) in [6, 6.07) is 14.4. The fourth-order valence-electron chi connectivity index (χ4n) is 4.54. The lowest BCUT2D eigenvalue weighted by atomic mass is 10.1. The topological polar surface area (TPSA) is 73.0 Å². The minimum atomic E-state index is -3.70. The van der Waals surface area contributed by atoms with Crippen LogP contribution >= 0.6 is 0 Å². The zero-order valence-corrected chi connectivity index (χ0v) is 20.4. The molecule has 2 aromatic rings. The molecule has 0 bridgehead atoms. The van der Waals surface area contributed by atoms with Gasteiger partial charge in [-0.15, -0.1) is 0 Å². The van der Waals surface area contributed by atoms with E-state index in [0.29, 0.717) is 25.9 Å². The Kier molecular flexibility index (Phi) is 7.48. The number of nitrogens with one attached hydrogen (secondary N) is 1. The minimum Gasteiger partial charge on any atom is -0.351 e. The molecule has 0 radical (unpaired) electrons. The Morgan fingerprint density at radius 2 is 1.70 bits per heavy atom. The van der Waals surface area contributed by atoms with Crippen molar-refractivity contribution < 1.29 is 13.2 Å². The zero-order valence-electron chi connectivity index (χ0n) is 19.5. The average molecular weight is 471 g/mol. The summed E-state index contributed by atoms with van der Waals surface area (Å²) in [4.78, 5) is 18.0. The first kappa shape index (κ1) is 23.9. The fraction of sp³-hybridized carbons (Fsp3) is 0.480. The number of hydrogen-bond acceptors (Lipinski definition) is 5. The molecule has 2 aliphatic heterocycles. The molecule has 8 heteroatoms. The number of carbonyl (C=O) groups is 1. The number of benzene rings is 2. The van der Waals surface area contributed by atoms with E-state index in [1.807, 2.05) is 19.1 Å². The van der Waals surface area contributed by atoms with Crippen LogP contribution in [0.2, 0.25) is 0 Å². The Bertz CT molecular complexity index is 1060. The first-order valence-electron chi connectivity index (χ1n) is 11.7. The van der Waals surface area contributed by atoms with Gasteiger partial charge in [0.15, 0.2) is 0 Å². The van der Waals surface area contributed by atoms with E-state index in [0.717, 1.165) is 43.9 Å². The molecule has 0 aliphatic carbocycles. The molecule has 1 amide bonds. The van der Waals surface area contributed by atoms with Gasteiger partial charge in [-0.1, -0.05) is 42.0 Å². The van der Waals surface area contributed by atoms with Gasteiger partial charge in [0, 0.05) is 45.8 Å². The molecule has 7 nitrogen and oxygen atoms in total. The van der Waals surface area contributed by atoms with E-state index in [1.165, 1.54) is 9.87 Å². The van der Waals surface area contributed by atoms with Crippen molar-refractivity contribution >= 4 is 15.9 Å². The van der Waals surface area contributed by atoms with Crippen molar-refractivity contribution in [3.05, 3.63) is 65.2 Å². The molecular formula is C25H34N4O3S. The Balaban J connectivity index is 1.36. The summed E-state index contributed by atoms with van der Waals surface area (Å²) < 4.78 is 27.6. The first-order valence-corrected chi connectivity index (χ1v) is 13.1. The van der Waals surface area contributed by atoms with Crippen molar-refractivity contribution in [3.8, 4) is 0 Å². The van der Waals surface area contributed by atoms with E-state index >= 15 is 0 Å². The molecule has 4 rings (SSSR count). The molecule has 1 atom stereocenters. The molecule has 2 aliphatic rings. The molecule has 1 N–H and O–H groups in total. The highest BCUT2D eigenvalue weighted by molar-refractivity contribution is 7.89. The van der Waals surface area contributed by atoms with Gasteiger partial charge in [0.25, 0.3) is 0 Å². The highest BCUT2D eigenvalue weighted by Crippen LogP contribution is 2.26. The van der Waals surface area contributed by atoms with Crippen molar-refractivity contribution in [1.82, 2.24) is 19.4 Å². The van der Waals surface area contributed by atoms with Gasteiger partial charge < -0.3 is 10.2 Å². The van der Waals surface area contributed by atoms with Gasteiger partial charge in [-0.05, 0) is 50.1 Å². The van der Waals surface area contributed by atoms with Gasteiger partial charge in [-0.3, -0.25) is 9.69 Å². The monoisotopic (exact) mass is 470 g/mol. The largest absolute Gasteiger partial charge is 0.351 e. The second kappa shape index (κ2) is 10.3. The van der Waals surface area contributed by atoms with Crippen molar-refractivity contribution in [1.29, 1.82) is 0 Å². The summed E-state index contributed by atoms with van der Waals surface area (Å²) in [5.41, 5.74) is 3.26. The van der Waals surface area contributed by atoms with E-state index in [9.17, 15) is 13.2 Å². The Morgan fingerprint density at radius 3 is 2.42 bits per heavy atom. The summed E-state index contributed by atoms with van der Waals surface area (Å²) in [6.07, 6.45) is 1.23. The maximum Gasteiger partial charge on any atom is 0.243 e. The van der Waals surface area contributed by atoms with Gasteiger partial charge in [-0.2, -0.15) is 4.31 Å². The maximum absolute atomic E-state index is 13.1. The summed E-state index contributed by atoms with van der Waals surface area (Å²) in [7, 11) is -1.55. The quantitative estimate of drug-likeness (QED) is 0.672. The van der Waals surface area contributed by atoms with E-state index in [4.69, 9.17) is 0 Å². The Morgan fingerprint density at radius 1 is 1.00 bits per heavy atom. The van der Waals surface area contributed by atoms with E-state index in [1.54, 1.807) is 24.3 Å².